The lowest BCUT2D eigenvalue weighted by Gasteiger charge is -2.36. The Hall–Kier alpha value is -2.46. The second kappa shape index (κ2) is 9.42. The maximum absolute atomic E-state index is 13.0. The number of amides is 4. The molecule has 3 fully saturated rings. The standard InChI is InChI=1S/C23H32N4O5S/c1-17-7-3-4-12-23(17)21(29)27(22(30)25-23)16-20(28)24-15-18-8-10-19(11-9-18)33(31,32)26-13-5-2-6-14-26/h8-11,17H,2-7,12-16H2,1H3,(H,24,28)(H,25,30)/t17-,23+/m0/s1. The van der Waals surface area contributed by atoms with Gasteiger partial charge in [0.05, 0.1) is 4.90 Å². The van der Waals surface area contributed by atoms with Gasteiger partial charge >= 0.3 is 6.03 Å². The van der Waals surface area contributed by atoms with Crippen LogP contribution in [0.15, 0.2) is 29.2 Å². The second-order valence-corrected chi connectivity index (χ2v) is 11.3. The first-order valence-electron chi connectivity index (χ1n) is 11.7. The van der Waals surface area contributed by atoms with Crippen molar-refractivity contribution in [2.75, 3.05) is 19.6 Å². The van der Waals surface area contributed by atoms with Gasteiger partial charge in [0, 0.05) is 19.6 Å². The van der Waals surface area contributed by atoms with Crippen molar-refractivity contribution in [1.29, 1.82) is 0 Å². The fourth-order valence-corrected chi connectivity index (χ4v) is 6.59. The number of benzene rings is 1. The van der Waals surface area contributed by atoms with Crippen molar-refractivity contribution in [2.45, 2.75) is 68.8 Å². The van der Waals surface area contributed by atoms with E-state index < -0.39 is 27.5 Å². The van der Waals surface area contributed by atoms with E-state index in [0.717, 1.165) is 49.0 Å². The molecule has 2 saturated heterocycles. The Morgan fingerprint density at radius 1 is 1.09 bits per heavy atom. The summed E-state index contributed by atoms with van der Waals surface area (Å²) in [5.41, 5.74) is -0.152. The van der Waals surface area contributed by atoms with Gasteiger partial charge in [0.2, 0.25) is 15.9 Å². The Bertz CT molecular complexity index is 1020. The molecule has 2 heterocycles. The number of nitrogens with one attached hydrogen (secondary N) is 2. The van der Waals surface area contributed by atoms with Gasteiger partial charge in [-0.2, -0.15) is 4.31 Å². The molecule has 180 valence electrons. The first kappa shape index (κ1) is 23.7. The van der Waals surface area contributed by atoms with Crippen LogP contribution in [-0.4, -0.2) is 60.6 Å². The quantitative estimate of drug-likeness (QED) is 0.609. The highest BCUT2D eigenvalue weighted by Crippen LogP contribution is 2.38. The van der Waals surface area contributed by atoms with E-state index in [-0.39, 0.29) is 29.8 Å². The summed E-state index contributed by atoms with van der Waals surface area (Å²) in [4.78, 5) is 39.1. The maximum atomic E-state index is 13.0. The number of rotatable bonds is 6. The molecular weight excluding hydrogens is 444 g/mol. The Labute approximate surface area is 194 Å². The molecule has 0 unspecified atom stereocenters. The summed E-state index contributed by atoms with van der Waals surface area (Å²) < 4.78 is 27.0. The van der Waals surface area contributed by atoms with Crippen molar-refractivity contribution in [3.8, 4) is 0 Å². The van der Waals surface area contributed by atoms with E-state index in [9.17, 15) is 22.8 Å². The molecule has 1 aromatic rings. The fraction of sp³-hybridized carbons (Fsp3) is 0.609. The van der Waals surface area contributed by atoms with Crippen LogP contribution in [0.5, 0.6) is 0 Å². The van der Waals surface area contributed by atoms with Gasteiger partial charge in [-0.15, -0.1) is 0 Å². The van der Waals surface area contributed by atoms with Crippen LogP contribution in [0, 0.1) is 5.92 Å². The average Bonchev–Trinajstić information content (AvgIpc) is 3.05. The minimum Gasteiger partial charge on any atom is -0.350 e. The smallest absolute Gasteiger partial charge is 0.325 e. The van der Waals surface area contributed by atoms with Crippen molar-refractivity contribution in [3.63, 3.8) is 0 Å². The number of carbonyl (C=O) groups is 3. The third kappa shape index (κ3) is 4.63. The van der Waals surface area contributed by atoms with Crippen molar-refractivity contribution in [2.24, 2.45) is 5.92 Å². The van der Waals surface area contributed by atoms with Gasteiger partial charge < -0.3 is 10.6 Å². The Morgan fingerprint density at radius 2 is 1.79 bits per heavy atom. The molecule has 4 amide bonds. The molecule has 1 aromatic carbocycles. The van der Waals surface area contributed by atoms with Crippen LogP contribution in [0.1, 0.15) is 57.4 Å². The summed E-state index contributed by atoms with van der Waals surface area (Å²) in [6, 6.07) is 5.93. The van der Waals surface area contributed by atoms with Gasteiger partial charge in [-0.3, -0.25) is 14.5 Å². The Morgan fingerprint density at radius 3 is 2.45 bits per heavy atom. The molecule has 0 aromatic heterocycles. The van der Waals surface area contributed by atoms with Crippen LogP contribution in [0.4, 0.5) is 4.79 Å². The number of carbonyl (C=O) groups excluding carboxylic acids is 3. The lowest BCUT2D eigenvalue weighted by molar-refractivity contribution is -0.137. The van der Waals surface area contributed by atoms with Gasteiger partial charge in [-0.05, 0) is 49.3 Å². The van der Waals surface area contributed by atoms with Crippen LogP contribution < -0.4 is 10.6 Å². The number of hydrogen-bond acceptors (Lipinski definition) is 5. The van der Waals surface area contributed by atoms with Crippen LogP contribution in [-0.2, 0) is 26.2 Å². The molecule has 1 aliphatic carbocycles. The van der Waals surface area contributed by atoms with E-state index in [0.29, 0.717) is 19.5 Å². The zero-order valence-corrected chi connectivity index (χ0v) is 19.8. The predicted octanol–water partition coefficient (Wildman–Crippen LogP) is 1.98. The molecule has 33 heavy (non-hydrogen) atoms. The number of nitrogens with zero attached hydrogens (tertiary/aromatic N) is 2. The van der Waals surface area contributed by atoms with E-state index in [2.05, 4.69) is 10.6 Å². The van der Waals surface area contributed by atoms with Gasteiger partial charge in [0.1, 0.15) is 12.1 Å². The first-order valence-corrected chi connectivity index (χ1v) is 13.2. The van der Waals surface area contributed by atoms with Gasteiger partial charge in [-0.25, -0.2) is 13.2 Å². The summed E-state index contributed by atoms with van der Waals surface area (Å²) in [5.74, 6) is -0.721. The molecule has 0 bridgehead atoms. The van der Waals surface area contributed by atoms with E-state index in [4.69, 9.17) is 0 Å². The highest BCUT2D eigenvalue weighted by atomic mass is 32.2. The number of hydrogen-bond donors (Lipinski definition) is 2. The molecule has 1 saturated carbocycles. The van der Waals surface area contributed by atoms with E-state index >= 15 is 0 Å². The lowest BCUT2D eigenvalue weighted by atomic mass is 9.73. The molecule has 1 spiro atoms. The largest absolute Gasteiger partial charge is 0.350 e. The number of piperidine rings is 1. The normalized spacial score (nSPS) is 26.5. The highest BCUT2D eigenvalue weighted by Gasteiger charge is 2.55. The molecule has 2 N–H and O–H groups in total. The minimum atomic E-state index is -3.50. The van der Waals surface area contributed by atoms with Crippen molar-refractivity contribution < 1.29 is 22.8 Å². The molecule has 3 aliphatic rings. The monoisotopic (exact) mass is 476 g/mol. The summed E-state index contributed by atoms with van der Waals surface area (Å²) in [5, 5.41) is 5.56. The minimum absolute atomic E-state index is 0.0375. The van der Waals surface area contributed by atoms with Crippen LogP contribution in [0.3, 0.4) is 0 Å². The SMILES string of the molecule is C[C@H]1CCCC[C@@]12NC(=O)N(CC(=O)NCc1ccc(S(=O)(=O)N3CCCCC3)cc1)C2=O. The van der Waals surface area contributed by atoms with Crippen molar-refractivity contribution in [3.05, 3.63) is 29.8 Å². The highest BCUT2D eigenvalue weighted by molar-refractivity contribution is 7.89. The van der Waals surface area contributed by atoms with Gasteiger partial charge in [0.25, 0.3) is 5.91 Å². The van der Waals surface area contributed by atoms with Crippen LogP contribution >= 0.6 is 0 Å². The average molecular weight is 477 g/mol. The van der Waals surface area contributed by atoms with Gasteiger partial charge in [-0.1, -0.05) is 38.3 Å². The molecule has 2 aliphatic heterocycles. The molecule has 2 atom stereocenters. The van der Waals surface area contributed by atoms with E-state index in [1.165, 1.54) is 4.31 Å². The molecule has 9 nitrogen and oxygen atoms in total. The summed E-state index contributed by atoms with van der Waals surface area (Å²) in [7, 11) is -3.50. The van der Waals surface area contributed by atoms with E-state index in [1.807, 2.05) is 6.92 Å². The van der Waals surface area contributed by atoms with Crippen molar-refractivity contribution >= 4 is 27.9 Å². The van der Waals surface area contributed by atoms with Crippen molar-refractivity contribution in [1.82, 2.24) is 19.8 Å². The summed E-state index contributed by atoms with van der Waals surface area (Å²) in [6.45, 7) is 2.90. The molecule has 10 heteroatoms. The second-order valence-electron chi connectivity index (χ2n) is 9.33. The number of imide groups is 1. The number of sulfonamides is 1. The lowest BCUT2D eigenvalue weighted by Crippen LogP contribution is -2.54. The predicted molar refractivity (Wildman–Crippen MR) is 122 cm³/mol. The fourth-order valence-electron chi connectivity index (χ4n) is 5.07. The molecule has 0 radical (unpaired) electrons. The maximum Gasteiger partial charge on any atom is 0.325 e. The Balaban J connectivity index is 1.33. The Kier molecular flexibility index (Phi) is 6.76. The zero-order valence-electron chi connectivity index (χ0n) is 19.0. The van der Waals surface area contributed by atoms with E-state index in [1.54, 1.807) is 24.3 Å². The third-order valence-corrected chi connectivity index (χ3v) is 9.08. The van der Waals surface area contributed by atoms with Crippen LogP contribution in [0.2, 0.25) is 0 Å². The van der Waals surface area contributed by atoms with Gasteiger partial charge in [0.15, 0.2) is 0 Å². The zero-order chi connectivity index (χ0) is 23.6. The first-order chi connectivity index (χ1) is 15.7. The van der Waals surface area contributed by atoms with Crippen LogP contribution in [0.25, 0.3) is 0 Å². The molecular formula is C23H32N4O5S. The topological polar surface area (TPSA) is 116 Å². The summed E-state index contributed by atoms with van der Waals surface area (Å²) in [6.07, 6.45) is 6.18. The third-order valence-electron chi connectivity index (χ3n) is 7.17. The number of urea groups is 1. The summed E-state index contributed by atoms with van der Waals surface area (Å²) >= 11 is 0. The molecule has 4 rings (SSSR count).